The van der Waals surface area contributed by atoms with E-state index in [1.165, 1.54) is 11.9 Å². The average molecular weight is 494 g/mol. The molecule has 0 aliphatic rings. The minimum Gasteiger partial charge on any atom is -0.357 e. The van der Waals surface area contributed by atoms with Crippen molar-refractivity contribution in [3.8, 4) is 0 Å². The summed E-state index contributed by atoms with van der Waals surface area (Å²) in [4.78, 5) is 27.4. The van der Waals surface area contributed by atoms with Crippen molar-refractivity contribution in [3.63, 3.8) is 0 Å². The number of halogens is 1. The highest BCUT2D eigenvalue weighted by Crippen LogP contribution is 2.23. The van der Waals surface area contributed by atoms with E-state index >= 15 is 0 Å². The van der Waals surface area contributed by atoms with Gasteiger partial charge in [-0.1, -0.05) is 56.6 Å². The van der Waals surface area contributed by atoms with Crippen LogP contribution in [0.25, 0.3) is 0 Å². The van der Waals surface area contributed by atoms with Crippen molar-refractivity contribution < 1.29 is 18.0 Å². The van der Waals surface area contributed by atoms with Gasteiger partial charge in [-0.25, -0.2) is 8.42 Å². The van der Waals surface area contributed by atoms with Crippen molar-refractivity contribution >= 4 is 39.1 Å². The Balaban J connectivity index is 2.40. The molecule has 0 aliphatic carbocycles. The second kappa shape index (κ2) is 11.5. The molecular formula is C24H32ClN3O4S. The Morgan fingerprint density at radius 3 is 2.06 bits per heavy atom. The quantitative estimate of drug-likeness (QED) is 0.545. The van der Waals surface area contributed by atoms with Gasteiger partial charge in [-0.3, -0.25) is 13.9 Å². The van der Waals surface area contributed by atoms with E-state index in [0.717, 1.165) is 21.7 Å². The van der Waals surface area contributed by atoms with Crippen LogP contribution in [0.3, 0.4) is 0 Å². The molecule has 2 rings (SSSR count). The van der Waals surface area contributed by atoms with Crippen LogP contribution in [0.5, 0.6) is 0 Å². The van der Waals surface area contributed by atoms with Crippen molar-refractivity contribution in [1.29, 1.82) is 0 Å². The Morgan fingerprint density at radius 1 is 1.03 bits per heavy atom. The van der Waals surface area contributed by atoms with E-state index in [4.69, 9.17) is 11.6 Å². The molecule has 0 aliphatic heterocycles. The lowest BCUT2D eigenvalue weighted by atomic mass is 10.0. The van der Waals surface area contributed by atoms with Gasteiger partial charge >= 0.3 is 0 Å². The SMILES string of the molecule is CCC(C(=O)NC)N(Cc1ccc(Cl)cc1)C(=O)CN(c1ccc(C(C)C)cc1)S(C)(=O)=O. The van der Waals surface area contributed by atoms with Gasteiger partial charge in [0.2, 0.25) is 21.8 Å². The zero-order valence-electron chi connectivity index (χ0n) is 19.7. The van der Waals surface area contributed by atoms with E-state index in [0.29, 0.717) is 23.0 Å². The molecule has 0 radical (unpaired) electrons. The first kappa shape index (κ1) is 26.7. The Morgan fingerprint density at radius 2 is 1.61 bits per heavy atom. The van der Waals surface area contributed by atoms with E-state index in [1.54, 1.807) is 43.3 Å². The summed E-state index contributed by atoms with van der Waals surface area (Å²) in [6.45, 7) is 5.63. The maximum atomic E-state index is 13.5. The Labute approximate surface area is 201 Å². The molecule has 2 aromatic carbocycles. The minimum absolute atomic E-state index is 0.145. The third kappa shape index (κ3) is 7.20. The molecule has 0 saturated carbocycles. The standard InChI is InChI=1S/C24H32ClN3O4S/c1-6-22(24(30)26-4)27(15-18-7-11-20(25)12-8-18)23(29)16-28(33(5,31)32)21-13-9-19(10-14-21)17(2)3/h7-14,17,22H,6,15-16H2,1-5H3,(H,26,30). The number of anilines is 1. The molecule has 0 saturated heterocycles. The molecule has 2 aromatic rings. The number of amides is 2. The number of nitrogens with zero attached hydrogens (tertiary/aromatic N) is 2. The largest absolute Gasteiger partial charge is 0.357 e. The zero-order valence-corrected chi connectivity index (χ0v) is 21.3. The first-order chi connectivity index (χ1) is 15.5. The molecule has 0 spiro atoms. The lowest BCUT2D eigenvalue weighted by Gasteiger charge is -2.32. The van der Waals surface area contributed by atoms with E-state index < -0.39 is 28.5 Å². The lowest BCUT2D eigenvalue weighted by Crippen LogP contribution is -2.51. The number of rotatable bonds is 10. The molecule has 0 aromatic heterocycles. The second-order valence-corrected chi connectivity index (χ2v) is 10.5. The zero-order chi connectivity index (χ0) is 24.8. The molecule has 1 unspecified atom stereocenters. The summed E-state index contributed by atoms with van der Waals surface area (Å²) < 4.78 is 26.3. The van der Waals surface area contributed by atoms with E-state index in [9.17, 15) is 18.0 Å². The Kier molecular flexibility index (Phi) is 9.31. The number of carbonyl (C=O) groups excluding carboxylic acids is 2. The van der Waals surface area contributed by atoms with Crippen molar-refractivity contribution in [3.05, 3.63) is 64.7 Å². The normalized spacial score (nSPS) is 12.3. The van der Waals surface area contributed by atoms with Crippen LogP contribution in [0, 0.1) is 0 Å². The summed E-state index contributed by atoms with van der Waals surface area (Å²) >= 11 is 5.97. The number of likely N-dealkylation sites (N-methyl/N-ethyl adjacent to an activating group) is 1. The predicted octanol–water partition coefficient (Wildman–Crippen LogP) is 3.78. The van der Waals surface area contributed by atoms with Gasteiger partial charge in [0.1, 0.15) is 12.6 Å². The first-order valence-electron chi connectivity index (χ1n) is 10.8. The summed E-state index contributed by atoms with van der Waals surface area (Å²) in [6, 6.07) is 13.3. The van der Waals surface area contributed by atoms with Crippen LogP contribution in [0.15, 0.2) is 48.5 Å². The number of sulfonamides is 1. The smallest absolute Gasteiger partial charge is 0.244 e. The van der Waals surface area contributed by atoms with Crippen LogP contribution in [0.1, 0.15) is 44.2 Å². The van der Waals surface area contributed by atoms with Gasteiger partial charge < -0.3 is 10.2 Å². The van der Waals surface area contributed by atoms with Crippen LogP contribution in [-0.2, 0) is 26.2 Å². The van der Waals surface area contributed by atoms with Gasteiger partial charge in [-0.05, 0) is 47.7 Å². The highest BCUT2D eigenvalue weighted by Gasteiger charge is 2.31. The van der Waals surface area contributed by atoms with E-state index in [-0.39, 0.29) is 12.5 Å². The van der Waals surface area contributed by atoms with Gasteiger partial charge in [0.25, 0.3) is 0 Å². The maximum Gasteiger partial charge on any atom is 0.244 e. The number of hydrogen-bond donors (Lipinski definition) is 1. The summed E-state index contributed by atoms with van der Waals surface area (Å²) in [6.07, 6.45) is 1.44. The van der Waals surface area contributed by atoms with Crippen molar-refractivity contribution in [1.82, 2.24) is 10.2 Å². The number of benzene rings is 2. The third-order valence-corrected chi connectivity index (χ3v) is 6.82. The average Bonchev–Trinajstić information content (AvgIpc) is 2.77. The van der Waals surface area contributed by atoms with Gasteiger partial charge in [0.15, 0.2) is 0 Å². The second-order valence-electron chi connectivity index (χ2n) is 8.20. The van der Waals surface area contributed by atoms with Gasteiger partial charge in [-0.2, -0.15) is 0 Å². The van der Waals surface area contributed by atoms with Gasteiger partial charge in [-0.15, -0.1) is 0 Å². The molecule has 1 atom stereocenters. The fourth-order valence-corrected chi connectivity index (χ4v) is 4.49. The molecule has 0 fully saturated rings. The molecule has 33 heavy (non-hydrogen) atoms. The van der Waals surface area contributed by atoms with Crippen LogP contribution < -0.4 is 9.62 Å². The summed E-state index contributed by atoms with van der Waals surface area (Å²) in [5, 5.41) is 3.15. The van der Waals surface area contributed by atoms with Gasteiger partial charge in [0.05, 0.1) is 11.9 Å². The third-order valence-electron chi connectivity index (χ3n) is 5.43. The fraction of sp³-hybridized carbons (Fsp3) is 0.417. The number of carbonyl (C=O) groups is 2. The number of hydrogen-bond acceptors (Lipinski definition) is 4. The highest BCUT2D eigenvalue weighted by atomic mass is 35.5. The van der Waals surface area contributed by atoms with Crippen molar-refractivity contribution in [2.24, 2.45) is 0 Å². The van der Waals surface area contributed by atoms with Crippen LogP contribution in [0.2, 0.25) is 5.02 Å². The lowest BCUT2D eigenvalue weighted by molar-refractivity contribution is -0.140. The number of nitrogens with one attached hydrogen (secondary N) is 1. The van der Waals surface area contributed by atoms with Crippen molar-refractivity contribution in [2.75, 3.05) is 24.2 Å². The van der Waals surface area contributed by atoms with Gasteiger partial charge in [0, 0.05) is 18.6 Å². The Hall–Kier alpha value is -2.58. The molecule has 180 valence electrons. The molecular weight excluding hydrogens is 462 g/mol. The van der Waals surface area contributed by atoms with Crippen molar-refractivity contribution in [2.45, 2.75) is 45.7 Å². The summed E-state index contributed by atoms with van der Waals surface area (Å²) in [5.41, 5.74) is 2.24. The van der Waals surface area contributed by atoms with Crippen LogP contribution >= 0.6 is 11.6 Å². The van der Waals surface area contributed by atoms with Crippen LogP contribution in [-0.4, -0.2) is 51.0 Å². The fourth-order valence-electron chi connectivity index (χ4n) is 3.51. The highest BCUT2D eigenvalue weighted by molar-refractivity contribution is 7.92. The van der Waals surface area contributed by atoms with E-state index in [1.807, 2.05) is 26.0 Å². The van der Waals surface area contributed by atoms with Crippen LogP contribution in [0.4, 0.5) is 5.69 Å². The maximum absolute atomic E-state index is 13.5. The summed E-state index contributed by atoms with van der Waals surface area (Å²) in [7, 11) is -2.24. The molecule has 9 heteroatoms. The predicted molar refractivity (Wildman–Crippen MR) is 133 cm³/mol. The Bertz CT molecular complexity index is 1050. The topological polar surface area (TPSA) is 86.8 Å². The first-order valence-corrected chi connectivity index (χ1v) is 13.0. The molecule has 0 bridgehead atoms. The summed E-state index contributed by atoms with van der Waals surface area (Å²) in [5.74, 6) is -0.495. The molecule has 0 heterocycles. The molecule has 2 amide bonds. The molecule has 7 nitrogen and oxygen atoms in total. The monoisotopic (exact) mass is 493 g/mol. The molecule has 1 N–H and O–H groups in total. The minimum atomic E-state index is -3.75. The van der Waals surface area contributed by atoms with E-state index in [2.05, 4.69) is 5.32 Å².